The summed E-state index contributed by atoms with van der Waals surface area (Å²) >= 11 is 12.7. The molecular formula is C18H20Cl2O2S. The molecule has 0 radical (unpaired) electrons. The minimum atomic E-state index is -1.08. The molecule has 0 saturated heterocycles. The first-order chi connectivity index (χ1) is 10.8. The summed E-state index contributed by atoms with van der Waals surface area (Å²) in [5.41, 5.74) is 2.74. The van der Waals surface area contributed by atoms with Gasteiger partial charge >= 0.3 is 0 Å². The second-order valence-electron chi connectivity index (χ2n) is 5.72. The zero-order chi connectivity index (χ0) is 17.1. The molecule has 2 nitrogen and oxygen atoms in total. The predicted octanol–water partition coefficient (Wildman–Crippen LogP) is 5.54. The molecule has 1 atom stereocenters. The van der Waals surface area contributed by atoms with E-state index in [1.54, 1.807) is 18.2 Å². The Balaban J connectivity index is 2.37. The lowest BCUT2D eigenvalue weighted by Gasteiger charge is -2.13. The first-order valence-electron chi connectivity index (χ1n) is 7.51. The number of hydrogen-bond donors (Lipinski definition) is 1. The van der Waals surface area contributed by atoms with E-state index in [1.165, 1.54) is 0 Å². The lowest BCUT2D eigenvalue weighted by molar-refractivity contribution is 0.464. The number of aromatic hydroxyl groups is 1. The van der Waals surface area contributed by atoms with Crippen LogP contribution in [0.1, 0.15) is 43.4 Å². The van der Waals surface area contributed by atoms with Crippen LogP contribution in [0.4, 0.5) is 0 Å². The van der Waals surface area contributed by atoms with Gasteiger partial charge in [-0.25, -0.2) is 0 Å². The molecule has 0 saturated carbocycles. The van der Waals surface area contributed by atoms with Crippen molar-refractivity contribution in [1.82, 2.24) is 0 Å². The molecule has 124 valence electrons. The fraction of sp³-hybridized carbons (Fsp3) is 0.333. The van der Waals surface area contributed by atoms with Crippen LogP contribution in [0.2, 0.25) is 10.0 Å². The van der Waals surface area contributed by atoms with Crippen molar-refractivity contribution in [3.8, 4) is 5.75 Å². The van der Waals surface area contributed by atoms with E-state index in [0.29, 0.717) is 32.9 Å². The predicted molar refractivity (Wildman–Crippen MR) is 98.4 cm³/mol. The summed E-state index contributed by atoms with van der Waals surface area (Å²) in [5, 5.41) is 11.0. The topological polar surface area (TPSA) is 37.3 Å². The van der Waals surface area contributed by atoms with Gasteiger partial charge in [0.25, 0.3) is 0 Å². The van der Waals surface area contributed by atoms with Crippen LogP contribution in [0.3, 0.4) is 0 Å². The summed E-state index contributed by atoms with van der Waals surface area (Å²) in [6.45, 7) is 5.93. The summed E-state index contributed by atoms with van der Waals surface area (Å²) in [4.78, 5) is 0.653. The summed E-state index contributed by atoms with van der Waals surface area (Å²) in [7, 11) is -1.08. The van der Waals surface area contributed by atoms with Gasteiger partial charge < -0.3 is 5.11 Å². The van der Waals surface area contributed by atoms with E-state index < -0.39 is 10.8 Å². The van der Waals surface area contributed by atoms with Crippen molar-refractivity contribution in [3.63, 3.8) is 0 Å². The van der Waals surface area contributed by atoms with Gasteiger partial charge in [-0.15, -0.1) is 0 Å². The molecule has 2 rings (SSSR count). The molecule has 0 spiro atoms. The molecule has 0 bridgehead atoms. The van der Waals surface area contributed by atoms with Crippen LogP contribution >= 0.6 is 23.2 Å². The maximum atomic E-state index is 11.9. The third-order valence-electron chi connectivity index (χ3n) is 3.73. The summed E-state index contributed by atoms with van der Waals surface area (Å²) in [6, 6.07) is 9.00. The molecule has 0 aliphatic carbocycles. The van der Waals surface area contributed by atoms with E-state index in [2.05, 4.69) is 0 Å². The minimum Gasteiger partial charge on any atom is -0.508 e. The quantitative estimate of drug-likeness (QED) is 0.749. The largest absolute Gasteiger partial charge is 0.508 e. The fourth-order valence-electron chi connectivity index (χ4n) is 2.43. The Morgan fingerprint density at radius 1 is 1.13 bits per heavy atom. The summed E-state index contributed by atoms with van der Waals surface area (Å²) < 4.78 is 11.9. The Morgan fingerprint density at radius 3 is 2.26 bits per heavy atom. The summed E-state index contributed by atoms with van der Waals surface area (Å²) in [6.07, 6.45) is 0.566. The van der Waals surface area contributed by atoms with Gasteiger partial charge in [0.1, 0.15) is 5.75 Å². The van der Waals surface area contributed by atoms with Crippen molar-refractivity contribution in [2.75, 3.05) is 5.75 Å². The Labute approximate surface area is 149 Å². The fourth-order valence-corrected chi connectivity index (χ4v) is 4.01. The van der Waals surface area contributed by atoms with Crippen molar-refractivity contribution in [2.45, 2.75) is 38.0 Å². The Kier molecular flexibility index (Phi) is 6.12. The first kappa shape index (κ1) is 18.3. The van der Waals surface area contributed by atoms with Crippen molar-refractivity contribution in [2.24, 2.45) is 0 Å². The van der Waals surface area contributed by atoms with Gasteiger partial charge in [0.15, 0.2) is 0 Å². The smallest absolute Gasteiger partial charge is 0.119 e. The molecule has 0 aliphatic rings. The molecule has 0 amide bonds. The zero-order valence-electron chi connectivity index (χ0n) is 13.4. The van der Waals surface area contributed by atoms with Crippen molar-refractivity contribution in [3.05, 3.63) is 57.1 Å². The van der Waals surface area contributed by atoms with E-state index in [0.717, 1.165) is 16.7 Å². The second kappa shape index (κ2) is 7.69. The molecule has 1 unspecified atom stereocenters. The van der Waals surface area contributed by atoms with Gasteiger partial charge in [0.05, 0.1) is 10.8 Å². The minimum absolute atomic E-state index is 0.232. The van der Waals surface area contributed by atoms with Crippen LogP contribution in [0, 0.1) is 0 Å². The van der Waals surface area contributed by atoms with Gasteiger partial charge in [0, 0.05) is 27.1 Å². The number of phenolic OH excluding ortho intramolecular Hbond substituents is 1. The van der Waals surface area contributed by atoms with E-state index in [4.69, 9.17) is 23.2 Å². The van der Waals surface area contributed by atoms with Gasteiger partial charge in [-0.05, 0) is 40.8 Å². The molecule has 1 N–H and O–H groups in total. The molecule has 0 fully saturated rings. The molecule has 5 heteroatoms. The van der Waals surface area contributed by atoms with Crippen LogP contribution in [0.5, 0.6) is 5.75 Å². The lowest BCUT2D eigenvalue weighted by atomic mass is 9.96. The van der Waals surface area contributed by atoms with E-state index in [9.17, 15) is 9.32 Å². The number of hydrogen-bond acceptors (Lipinski definition) is 2. The Bertz CT molecular complexity index is 719. The SMILES string of the molecule is CCS(=O)c1cc(Cl)c(Cc2ccc(O)c(C(C)C)c2)c(Cl)c1. The van der Waals surface area contributed by atoms with E-state index >= 15 is 0 Å². The van der Waals surface area contributed by atoms with Gasteiger partial charge in [-0.1, -0.05) is 56.1 Å². The molecular weight excluding hydrogens is 351 g/mol. The average molecular weight is 371 g/mol. The van der Waals surface area contributed by atoms with Crippen LogP contribution in [0.25, 0.3) is 0 Å². The maximum absolute atomic E-state index is 11.9. The molecule has 23 heavy (non-hydrogen) atoms. The van der Waals surface area contributed by atoms with Crippen LogP contribution < -0.4 is 0 Å². The van der Waals surface area contributed by atoms with Crippen LogP contribution in [-0.2, 0) is 17.2 Å². The van der Waals surface area contributed by atoms with Gasteiger partial charge in [0.2, 0.25) is 0 Å². The molecule has 2 aromatic rings. The average Bonchev–Trinajstić information content (AvgIpc) is 2.51. The highest BCUT2D eigenvalue weighted by molar-refractivity contribution is 7.85. The standard InChI is InChI=1S/C18H20Cl2O2S/c1-4-23(22)13-9-16(19)15(17(20)10-13)8-12-5-6-18(21)14(7-12)11(2)3/h5-7,9-11,21H,4,8H2,1-3H3. The van der Waals surface area contributed by atoms with Gasteiger partial charge in [-0.3, -0.25) is 4.21 Å². The molecule has 0 aliphatic heterocycles. The number of benzene rings is 2. The van der Waals surface area contributed by atoms with Gasteiger partial charge in [-0.2, -0.15) is 0 Å². The van der Waals surface area contributed by atoms with Crippen LogP contribution in [0.15, 0.2) is 35.2 Å². The number of halogens is 2. The lowest BCUT2D eigenvalue weighted by Crippen LogP contribution is -1.98. The number of rotatable bonds is 5. The van der Waals surface area contributed by atoms with Crippen molar-refractivity contribution in [1.29, 1.82) is 0 Å². The summed E-state index contributed by atoms with van der Waals surface area (Å²) in [5.74, 6) is 1.06. The molecule has 0 heterocycles. The van der Waals surface area contributed by atoms with Crippen molar-refractivity contribution >= 4 is 34.0 Å². The number of phenols is 1. The van der Waals surface area contributed by atoms with E-state index in [1.807, 2.05) is 32.9 Å². The van der Waals surface area contributed by atoms with Crippen molar-refractivity contribution < 1.29 is 9.32 Å². The zero-order valence-corrected chi connectivity index (χ0v) is 15.7. The van der Waals surface area contributed by atoms with E-state index in [-0.39, 0.29) is 5.92 Å². The second-order valence-corrected chi connectivity index (χ2v) is 8.28. The Hall–Kier alpha value is -1.03. The third kappa shape index (κ3) is 4.28. The highest BCUT2D eigenvalue weighted by Crippen LogP contribution is 2.32. The highest BCUT2D eigenvalue weighted by atomic mass is 35.5. The monoisotopic (exact) mass is 370 g/mol. The molecule has 2 aromatic carbocycles. The highest BCUT2D eigenvalue weighted by Gasteiger charge is 2.13. The van der Waals surface area contributed by atoms with Crippen LogP contribution in [-0.4, -0.2) is 15.1 Å². The normalized spacial score (nSPS) is 12.6. The Morgan fingerprint density at radius 2 is 1.74 bits per heavy atom. The maximum Gasteiger partial charge on any atom is 0.119 e. The third-order valence-corrected chi connectivity index (χ3v) is 5.69. The molecule has 0 aromatic heterocycles. The first-order valence-corrected chi connectivity index (χ1v) is 9.59.